The van der Waals surface area contributed by atoms with Gasteiger partial charge in [0.1, 0.15) is 11.6 Å². The maximum atomic E-state index is 13.8. The number of benzene rings is 3. The molecule has 4 heteroatoms. The highest BCUT2D eigenvalue weighted by atomic mass is 35.5. The van der Waals surface area contributed by atoms with E-state index in [-0.39, 0.29) is 5.56 Å². The SMILES string of the molecule is O=C(c1ccc(F)cc1F)c1ccc(Cl)c2ccccc12. The second kappa shape index (κ2) is 5.26. The Balaban J connectivity index is 2.21. The smallest absolute Gasteiger partial charge is 0.196 e. The van der Waals surface area contributed by atoms with E-state index >= 15 is 0 Å². The lowest BCUT2D eigenvalue weighted by Gasteiger charge is -2.08. The van der Waals surface area contributed by atoms with Crippen LogP contribution in [0.3, 0.4) is 0 Å². The normalized spacial score (nSPS) is 10.8. The third-order valence-corrected chi connectivity index (χ3v) is 3.62. The van der Waals surface area contributed by atoms with Crippen LogP contribution in [-0.4, -0.2) is 5.78 Å². The second-order valence-electron chi connectivity index (χ2n) is 4.59. The number of carbonyl (C=O) groups is 1. The van der Waals surface area contributed by atoms with Gasteiger partial charge in [0.05, 0.1) is 5.56 Å². The lowest BCUT2D eigenvalue weighted by Crippen LogP contribution is -2.05. The third kappa shape index (κ3) is 2.41. The quantitative estimate of drug-likeness (QED) is 0.609. The van der Waals surface area contributed by atoms with Gasteiger partial charge in [0, 0.05) is 22.0 Å². The Morgan fingerprint density at radius 2 is 1.52 bits per heavy atom. The van der Waals surface area contributed by atoms with Crippen LogP contribution in [0.2, 0.25) is 5.02 Å². The van der Waals surface area contributed by atoms with Crippen molar-refractivity contribution in [3.05, 3.63) is 82.4 Å². The number of hydrogen-bond acceptors (Lipinski definition) is 1. The first kappa shape index (κ1) is 13.7. The van der Waals surface area contributed by atoms with Crippen LogP contribution in [0.25, 0.3) is 10.8 Å². The van der Waals surface area contributed by atoms with Gasteiger partial charge in [-0.15, -0.1) is 0 Å². The molecule has 0 spiro atoms. The third-order valence-electron chi connectivity index (χ3n) is 3.29. The summed E-state index contributed by atoms with van der Waals surface area (Å²) in [4.78, 5) is 12.5. The average molecular weight is 303 g/mol. The number of carbonyl (C=O) groups excluding carboxylic acids is 1. The first-order valence-corrected chi connectivity index (χ1v) is 6.63. The number of rotatable bonds is 2. The maximum Gasteiger partial charge on any atom is 0.196 e. The molecule has 0 unspecified atom stereocenters. The van der Waals surface area contributed by atoms with Gasteiger partial charge >= 0.3 is 0 Å². The minimum absolute atomic E-state index is 0.163. The van der Waals surface area contributed by atoms with Crippen molar-refractivity contribution < 1.29 is 13.6 Å². The van der Waals surface area contributed by atoms with Gasteiger partial charge in [0.2, 0.25) is 0 Å². The summed E-state index contributed by atoms with van der Waals surface area (Å²) in [5.74, 6) is -2.09. The van der Waals surface area contributed by atoms with Crippen molar-refractivity contribution in [2.75, 3.05) is 0 Å². The molecule has 3 aromatic carbocycles. The molecular weight excluding hydrogens is 294 g/mol. The molecule has 0 aliphatic rings. The predicted molar refractivity (Wildman–Crippen MR) is 78.7 cm³/mol. The van der Waals surface area contributed by atoms with Gasteiger partial charge in [-0.25, -0.2) is 8.78 Å². The zero-order valence-corrected chi connectivity index (χ0v) is 11.5. The minimum Gasteiger partial charge on any atom is -0.288 e. The van der Waals surface area contributed by atoms with Crippen molar-refractivity contribution in [2.45, 2.75) is 0 Å². The summed E-state index contributed by atoms with van der Waals surface area (Å²) in [6.45, 7) is 0. The lowest BCUT2D eigenvalue weighted by atomic mass is 9.97. The molecule has 0 aliphatic carbocycles. The van der Waals surface area contributed by atoms with Crippen LogP contribution in [0.4, 0.5) is 8.78 Å². The van der Waals surface area contributed by atoms with Crippen LogP contribution in [0.5, 0.6) is 0 Å². The molecule has 0 heterocycles. The Bertz CT molecular complexity index is 859. The molecule has 0 aliphatic heterocycles. The molecule has 0 aromatic heterocycles. The van der Waals surface area contributed by atoms with Crippen LogP contribution < -0.4 is 0 Å². The highest BCUT2D eigenvalue weighted by molar-refractivity contribution is 6.36. The van der Waals surface area contributed by atoms with Crippen molar-refractivity contribution in [3.8, 4) is 0 Å². The van der Waals surface area contributed by atoms with Gasteiger partial charge in [-0.3, -0.25) is 4.79 Å². The van der Waals surface area contributed by atoms with E-state index in [9.17, 15) is 13.6 Å². The van der Waals surface area contributed by atoms with E-state index in [1.807, 2.05) is 0 Å². The summed E-state index contributed by atoms with van der Waals surface area (Å²) in [6, 6.07) is 13.2. The summed E-state index contributed by atoms with van der Waals surface area (Å²) >= 11 is 6.10. The van der Waals surface area contributed by atoms with Gasteiger partial charge in [-0.2, -0.15) is 0 Å². The zero-order chi connectivity index (χ0) is 15.0. The number of ketones is 1. The molecule has 0 saturated carbocycles. The number of fused-ring (bicyclic) bond motifs is 1. The summed E-state index contributed by atoms with van der Waals surface area (Å²) in [5.41, 5.74) is 0.171. The fourth-order valence-electron chi connectivity index (χ4n) is 2.28. The van der Waals surface area contributed by atoms with E-state index in [1.54, 1.807) is 36.4 Å². The first-order valence-electron chi connectivity index (χ1n) is 6.25. The molecule has 3 rings (SSSR count). The largest absolute Gasteiger partial charge is 0.288 e. The van der Waals surface area contributed by atoms with Gasteiger partial charge in [-0.1, -0.05) is 35.9 Å². The lowest BCUT2D eigenvalue weighted by molar-refractivity contribution is 0.103. The van der Waals surface area contributed by atoms with Crippen molar-refractivity contribution in [3.63, 3.8) is 0 Å². The highest BCUT2D eigenvalue weighted by Crippen LogP contribution is 2.28. The second-order valence-corrected chi connectivity index (χ2v) is 5.00. The summed E-state index contributed by atoms with van der Waals surface area (Å²) < 4.78 is 26.7. The van der Waals surface area contributed by atoms with Gasteiger partial charge in [0.15, 0.2) is 5.78 Å². The molecule has 3 aromatic rings. The van der Waals surface area contributed by atoms with E-state index < -0.39 is 17.4 Å². The molecule has 0 amide bonds. The predicted octanol–water partition coefficient (Wildman–Crippen LogP) is 5.00. The number of hydrogen-bond donors (Lipinski definition) is 0. The van der Waals surface area contributed by atoms with Crippen LogP contribution >= 0.6 is 11.6 Å². The Kier molecular flexibility index (Phi) is 3.43. The first-order chi connectivity index (χ1) is 10.1. The molecule has 104 valence electrons. The standard InChI is InChI=1S/C17H9ClF2O/c18-15-8-7-13(11-3-1-2-4-12(11)15)17(21)14-6-5-10(19)9-16(14)20/h1-9H. The molecule has 0 saturated heterocycles. The van der Waals surface area contributed by atoms with Crippen molar-refractivity contribution in [1.82, 2.24) is 0 Å². The van der Waals surface area contributed by atoms with E-state index in [0.717, 1.165) is 12.1 Å². The fourth-order valence-corrected chi connectivity index (χ4v) is 2.51. The van der Waals surface area contributed by atoms with Gasteiger partial charge < -0.3 is 0 Å². The molecular formula is C17H9ClF2O. The summed E-state index contributed by atoms with van der Waals surface area (Å²) in [7, 11) is 0. The Labute approximate surface area is 124 Å². The van der Waals surface area contributed by atoms with Crippen LogP contribution in [-0.2, 0) is 0 Å². The summed E-state index contributed by atoms with van der Waals surface area (Å²) in [6.07, 6.45) is 0. The molecule has 0 atom stereocenters. The van der Waals surface area contributed by atoms with E-state index in [0.29, 0.717) is 27.4 Å². The highest BCUT2D eigenvalue weighted by Gasteiger charge is 2.17. The number of halogens is 3. The average Bonchev–Trinajstić information content (AvgIpc) is 2.47. The molecule has 0 radical (unpaired) electrons. The Morgan fingerprint density at radius 3 is 2.24 bits per heavy atom. The minimum atomic E-state index is -0.876. The Hall–Kier alpha value is -2.26. The van der Waals surface area contributed by atoms with Gasteiger partial charge in [-0.05, 0) is 29.7 Å². The van der Waals surface area contributed by atoms with Crippen molar-refractivity contribution >= 4 is 28.2 Å². The molecule has 0 bridgehead atoms. The van der Waals surface area contributed by atoms with Crippen molar-refractivity contribution in [2.24, 2.45) is 0 Å². The topological polar surface area (TPSA) is 17.1 Å². The molecule has 0 fully saturated rings. The summed E-state index contributed by atoms with van der Waals surface area (Å²) in [5, 5.41) is 1.87. The molecule has 0 N–H and O–H groups in total. The molecule has 21 heavy (non-hydrogen) atoms. The van der Waals surface area contributed by atoms with E-state index in [2.05, 4.69) is 0 Å². The van der Waals surface area contributed by atoms with Crippen LogP contribution in [0.15, 0.2) is 54.6 Å². The van der Waals surface area contributed by atoms with Gasteiger partial charge in [0.25, 0.3) is 0 Å². The van der Waals surface area contributed by atoms with Crippen LogP contribution in [0.1, 0.15) is 15.9 Å². The fraction of sp³-hybridized carbons (Fsp3) is 0. The van der Waals surface area contributed by atoms with Crippen molar-refractivity contribution in [1.29, 1.82) is 0 Å². The maximum absolute atomic E-state index is 13.8. The van der Waals surface area contributed by atoms with E-state index in [4.69, 9.17) is 11.6 Å². The van der Waals surface area contributed by atoms with Crippen LogP contribution in [0, 0.1) is 11.6 Å². The van der Waals surface area contributed by atoms with E-state index in [1.165, 1.54) is 0 Å². The Morgan fingerprint density at radius 1 is 0.857 bits per heavy atom. The molecule has 1 nitrogen and oxygen atoms in total. The zero-order valence-electron chi connectivity index (χ0n) is 10.7. The monoisotopic (exact) mass is 302 g/mol.